The topological polar surface area (TPSA) is 79.6 Å². The zero-order valence-corrected chi connectivity index (χ0v) is 17.6. The number of nitrogens with zero attached hydrogens (tertiary/aromatic N) is 1. The van der Waals surface area contributed by atoms with Crippen LogP contribution in [0.1, 0.15) is 48.9 Å². The third-order valence-corrected chi connectivity index (χ3v) is 6.22. The van der Waals surface area contributed by atoms with Gasteiger partial charge in [-0.25, -0.2) is 9.59 Å². The third-order valence-electron chi connectivity index (χ3n) is 5.54. The fraction of sp³-hybridized carbons (Fsp3) is 0.318. The molecule has 4 rings (SSSR count). The molecule has 0 saturated carbocycles. The van der Waals surface area contributed by atoms with Gasteiger partial charge in [0.25, 0.3) is 5.91 Å². The zero-order chi connectivity index (χ0) is 20.9. The molecule has 3 heterocycles. The van der Waals surface area contributed by atoms with Gasteiger partial charge in [0, 0.05) is 11.5 Å². The van der Waals surface area contributed by atoms with Gasteiger partial charge in [-0.05, 0) is 71.0 Å². The van der Waals surface area contributed by atoms with E-state index in [1.165, 1.54) is 22.3 Å². The smallest absolute Gasteiger partial charge is 0.336 e. The number of hydrogen-bond donors (Lipinski definition) is 1. The Balaban J connectivity index is 1.78. The van der Waals surface area contributed by atoms with Crippen LogP contribution in [0.4, 0.5) is 4.79 Å². The summed E-state index contributed by atoms with van der Waals surface area (Å²) in [6.45, 7) is 7.87. The Morgan fingerprint density at radius 3 is 2.62 bits per heavy atom. The predicted molar refractivity (Wildman–Crippen MR) is 112 cm³/mol. The Labute approximate surface area is 172 Å². The zero-order valence-electron chi connectivity index (χ0n) is 16.7. The van der Waals surface area contributed by atoms with Crippen LogP contribution < -0.4 is 10.9 Å². The number of imide groups is 1. The second-order valence-electron chi connectivity index (χ2n) is 7.91. The first-order chi connectivity index (χ1) is 13.7. The number of nitrogens with one attached hydrogen (secondary N) is 1. The van der Waals surface area contributed by atoms with E-state index >= 15 is 0 Å². The SMILES string of the molecule is Cc1cc2oc(=O)cc(CN3C(=O)NC(C)(c4ccsc4)C3=O)c2cc1C(C)C. The summed E-state index contributed by atoms with van der Waals surface area (Å²) in [7, 11) is 0. The second kappa shape index (κ2) is 6.84. The second-order valence-corrected chi connectivity index (χ2v) is 8.69. The number of amides is 3. The van der Waals surface area contributed by atoms with Crippen molar-refractivity contribution in [1.82, 2.24) is 10.2 Å². The van der Waals surface area contributed by atoms with Crippen LogP contribution in [-0.4, -0.2) is 16.8 Å². The molecule has 0 radical (unpaired) electrons. The molecule has 6 nitrogen and oxygen atoms in total. The number of rotatable bonds is 4. The molecule has 0 aliphatic carbocycles. The first-order valence-corrected chi connectivity index (χ1v) is 10.4. The molecule has 3 amide bonds. The van der Waals surface area contributed by atoms with E-state index in [0.29, 0.717) is 11.1 Å². The lowest BCUT2D eigenvalue weighted by Crippen LogP contribution is -2.40. The molecule has 1 aromatic carbocycles. The molecule has 29 heavy (non-hydrogen) atoms. The molecule has 7 heteroatoms. The van der Waals surface area contributed by atoms with Crippen molar-refractivity contribution in [2.24, 2.45) is 0 Å². The highest BCUT2D eigenvalue weighted by Crippen LogP contribution is 2.32. The highest BCUT2D eigenvalue weighted by atomic mass is 32.1. The standard InChI is InChI=1S/C22H22N2O4S/c1-12(2)16-9-17-14(8-19(25)28-18(17)7-13(16)3)10-24-20(26)22(4,23-21(24)27)15-5-6-29-11-15/h5-9,11-12H,10H2,1-4H3,(H,23,27). The lowest BCUT2D eigenvalue weighted by atomic mass is 9.94. The Bertz CT molecular complexity index is 1180. The lowest BCUT2D eigenvalue weighted by molar-refractivity contribution is -0.131. The number of benzene rings is 1. The van der Waals surface area contributed by atoms with Gasteiger partial charge in [0.1, 0.15) is 11.1 Å². The van der Waals surface area contributed by atoms with Gasteiger partial charge in [-0.2, -0.15) is 11.3 Å². The summed E-state index contributed by atoms with van der Waals surface area (Å²) in [5.74, 6) is -0.0451. The minimum atomic E-state index is -1.11. The quantitative estimate of drug-likeness (QED) is 0.515. The van der Waals surface area contributed by atoms with Crippen LogP contribution in [-0.2, 0) is 16.9 Å². The van der Waals surface area contributed by atoms with E-state index in [-0.39, 0.29) is 18.4 Å². The van der Waals surface area contributed by atoms with E-state index in [4.69, 9.17) is 4.42 Å². The number of urea groups is 1. The maximum Gasteiger partial charge on any atom is 0.336 e. The molecule has 1 atom stereocenters. The number of hydrogen-bond acceptors (Lipinski definition) is 5. The molecule has 3 aromatic rings. The van der Waals surface area contributed by atoms with Crippen molar-refractivity contribution in [3.8, 4) is 0 Å². The van der Waals surface area contributed by atoms with Crippen LogP contribution in [0, 0.1) is 6.92 Å². The number of thiophene rings is 1. The monoisotopic (exact) mass is 410 g/mol. The van der Waals surface area contributed by atoms with E-state index in [2.05, 4.69) is 19.2 Å². The van der Waals surface area contributed by atoms with Crippen molar-refractivity contribution in [2.45, 2.75) is 45.7 Å². The van der Waals surface area contributed by atoms with Gasteiger partial charge in [0.15, 0.2) is 0 Å². The first kappa shape index (κ1) is 19.4. The van der Waals surface area contributed by atoms with Crippen LogP contribution in [0.5, 0.6) is 0 Å². The first-order valence-electron chi connectivity index (χ1n) is 9.45. The number of carbonyl (C=O) groups excluding carboxylic acids is 2. The van der Waals surface area contributed by atoms with Crippen LogP contribution in [0.3, 0.4) is 0 Å². The van der Waals surface area contributed by atoms with E-state index in [9.17, 15) is 14.4 Å². The number of aryl methyl sites for hydroxylation is 1. The van der Waals surface area contributed by atoms with Crippen LogP contribution >= 0.6 is 11.3 Å². The van der Waals surface area contributed by atoms with Gasteiger partial charge in [0.2, 0.25) is 0 Å². The average Bonchev–Trinajstić information content (AvgIpc) is 3.25. The molecule has 1 aliphatic rings. The minimum absolute atomic E-state index is 0.00703. The molecule has 0 spiro atoms. The molecule has 2 aromatic heterocycles. The molecule has 1 fully saturated rings. The molecule has 1 N–H and O–H groups in total. The van der Waals surface area contributed by atoms with E-state index in [1.807, 2.05) is 35.9 Å². The Kier molecular flexibility index (Phi) is 4.58. The van der Waals surface area contributed by atoms with Crippen molar-refractivity contribution in [3.05, 3.63) is 67.7 Å². The Morgan fingerprint density at radius 1 is 1.21 bits per heavy atom. The molecule has 150 valence electrons. The van der Waals surface area contributed by atoms with E-state index in [0.717, 1.165) is 22.1 Å². The van der Waals surface area contributed by atoms with Gasteiger partial charge in [-0.3, -0.25) is 9.69 Å². The van der Waals surface area contributed by atoms with Gasteiger partial charge in [-0.15, -0.1) is 0 Å². The fourth-order valence-electron chi connectivity index (χ4n) is 3.90. The maximum absolute atomic E-state index is 13.1. The van der Waals surface area contributed by atoms with Crippen molar-refractivity contribution in [2.75, 3.05) is 0 Å². The fourth-order valence-corrected chi connectivity index (χ4v) is 4.66. The summed E-state index contributed by atoms with van der Waals surface area (Å²) in [5, 5.41) is 7.26. The predicted octanol–water partition coefficient (Wildman–Crippen LogP) is 4.25. The van der Waals surface area contributed by atoms with Gasteiger partial charge in [0.05, 0.1) is 6.54 Å². The van der Waals surface area contributed by atoms with Crippen LogP contribution in [0.25, 0.3) is 11.0 Å². The van der Waals surface area contributed by atoms with Crippen molar-refractivity contribution in [3.63, 3.8) is 0 Å². The summed E-state index contributed by atoms with van der Waals surface area (Å²) < 4.78 is 5.38. The van der Waals surface area contributed by atoms with Crippen LogP contribution in [0.15, 0.2) is 44.2 Å². The largest absolute Gasteiger partial charge is 0.423 e. The van der Waals surface area contributed by atoms with E-state index < -0.39 is 17.2 Å². The minimum Gasteiger partial charge on any atom is -0.423 e. The number of fused-ring (bicyclic) bond motifs is 1. The molecule has 1 saturated heterocycles. The molecule has 1 aliphatic heterocycles. The highest BCUT2D eigenvalue weighted by molar-refractivity contribution is 7.08. The van der Waals surface area contributed by atoms with Crippen molar-refractivity contribution < 1.29 is 14.0 Å². The normalized spacial score (nSPS) is 19.4. The average molecular weight is 410 g/mol. The molecule has 1 unspecified atom stereocenters. The molecule has 0 bridgehead atoms. The summed E-state index contributed by atoms with van der Waals surface area (Å²) in [5.41, 5.74) is 2.36. The van der Waals surface area contributed by atoms with Crippen molar-refractivity contribution >= 4 is 34.2 Å². The van der Waals surface area contributed by atoms with Gasteiger partial charge in [-0.1, -0.05) is 13.8 Å². The summed E-state index contributed by atoms with van der Waals surface area (Å²) >= 11 is 1.47. The lowest BCUT2D eigenvalue weighted by Gasteiger charge is -2.21. The third kappa shape index (κ3) is 3.15. The summed E-state index contributed by atoms with van der Waals surface area (Å²) in [6.07, 6.45) is 0. The highest BCUT2D eigenvalue weighted by Gasteiger charge is 2.49. The molecular formula is C22H22N2O4S. The van der Waals surface area contributed by atoms with Crippen molar-refractivity contribution in [1.29, 1.82) is 0 Å². The van der Waals surface area contributed by atoms with E-state index in [1.54, 1.807) is 6.92 Å². The number of carbonyl (C=O) groups is 2. The van der Waals surface area contributed by atoms with Gasteiger partial charge >= 0.3 is 11.7 Å². The van der Waals surface area contributed by atoms with Gasteiger partial charge < -0.3 is 9.73 Å². The molecular weight excluding hydrogens is 388 g/mol. The van der Waals surface area contributed by atoms with Crippen LogP contribution in [0.2, 0.25) is 0 Å². The summed E-state index contributed by atoms with van der Waals surface area (Å²) in [4.78, 5) is 39.1. The summed E-state index contributed by atoms with van der Waals surface area (Å²) in [6, 6.07) is 6.56. The maximum atomic E-state index is 13.1. The Hall–Kier alpha value is -2.93. The Morgan fingerprint density at radius 2 is 1.97 bits per heavy atom.